The largest absolute Gasteiger partial charge is 0.490 e. The average molecular weight is 491 g/mol. The van der Waals surface area contributed by atoms with E-state index in [-0.39, 0.29) is 17.6 Å². The molecule has 0 radical (unpaired) electrons. The van der Waals surface area contributed by atoms with Gasteiger partial charge in [-0.25, -0.2) is 12.8 Å². The number of piperidine rings is 2. The van der Waals surface area contributed by atoms with Gasteiger partial charge in [0.15, 0.2) is 11.5 Å². The number of carbonyl (C=O) groups is 1. The number of halogens is 1. The van der Waals surface area contributed by atoms with Gasteiger partial charge in [-0.2, -0.15) is 4.31 Å². The van der Waals surface area contributed by atoms with E-state index >= 15 is 0 Å². The Morgan fingerprint density at radius 3 is 2.35 bits per heavy atom. The van der Waals surface area contributed by atoms with Gasteiger partial charge in [-0.3, -0.25) is 4.79 Å². The molecule has 2 aromatic carbocycles. The Hall–Kier alpha value is -2.65. The number of likely N-dealkylation sites (tertiary alicyclic amines) is 1. The van der Waals surface area contributed by atoms with E-state index in [4.69, 9.17) is 9.47 Å². The number of amides is 1. The van der Waals surface area contributed by atoms with Crippen molar-refractivity contribution < 1.29 is 27.1 Å². The molecular formula is C25H31FN2O5S. The second kappa shape index (κ2) is 10.7. The predicted molar refractivity (Wildman–Crippen MR) is 126 cm³/mol. The summed E-state index contributed by atoms with van der Waals surface area (Å²) in [5, 5.41) is 0. The molecule has 0 unspecified atom stereocenters. The van der Waals surface area contributed by atoms with Gasteiger partial charge in [0.05, 0.1) is 6.61 Å². The first-order chi connectivity index (χ1) is 16.4. The fourth-order valence-corrected chi connectivity index (χ4v) is 6.05. The van der Waals surface area contributed by atoms with Gasteiger partial charge in [-0.1, -0.05) is 18.6 Å². The Labute approximate surface area is 200 Å². The van der Waals surface area contributed by atoms with Crippen molar-refractivity contribution in [2.45, 2.75) is 50.0 Å². The number of hydrogen-bond acceptors (Lipinski definition) is 5. The van der Waals surface area contributed by atoms with E-state index in [1.807, 2.05) is 31.2 Å². The fraction of sp³-hybridized carbons (Fsp3) is 0.480. The third kappa shape index (κ3) is 5.36. The molecule has 0 N–H and O–H groups in total. The van der Waals surface area contributed by atoms with Crippen LogP contribution in [0.2, 0.25) is 0 Å². The highest BCUT2D eigenvalue weighted by molar-refractivity contribution is 7.89. The number of nitrogens with zero attached hydrogens (tertiary/aromatic N) is 2. The standard InChI is InChI=1S/C25H31FN2O5S/c1-2-32-22-8-4-5-9-23(22)33-20-12-16-27(17-13-20)25(29)19-10-11-21(26)24(18-19)34(30,31)28-14-6-3-7-15-28/h4-5,8-11,18,20H,2-3,6-7,12-17H2,1H3. The maximum atomic E-state index is 14.5. The molecule has 0 spiro atoms. The van der Waals surface area contributed by atoms with Crippen LogP contribution in [0.3, 0.4) is 0 Å². The number of rotatable bonds is 7. The fourth-order valence-electron chi connectivity index (χ4n) is 4.44. The minimum Gasteiger partial charge on any atom is -0.490 e. The van der Waals surface area contributed by atoms with Crippen LogP contribution < -0.4 is 9.47 Å². The van der Waals surface area contributed by atoms with Crippen molar-refractivity contribution in [3.05, 3.63) is 53.8 Å². The molecule has 9 heteroatoms. The van der Waals surface area contributed by atoms with Crippen molar-refractivity contribution in [2.75, 3.05) is 32.8 Å². The number of carbonyl (C=O) groups excluding carboxylic acids is 1. The third-order valence-corrected chi connectivity index (χ3v) is 8.20. The van der Waals surface area contributed by atoms with Gasteiger partial charge >= 0.3 is 0 Å². The highest BCUT2D eigenvalue weighted by Gasteiger charge is 2.31. The van der Waals surface area contributed by atoms with Crippen LogP contribution in [-0.2, 0) is 10.0 Å². The Morgan fingerprint density at radius 2 is 1.68 bits per heavy atom. The molecule has 4 rings (SSSR count). The molecular weight excluding hydrogens is 459 g/mol. The number of para-hydroxylation sites is 2. The quantitative estimate of drug-likeness (QED) is 0.585. The Morgan fingerprint density at radius 1 is 1.00 bits per heavy atom. The van der Waals surface area contributed by atoms with Crippen molar-refractivity contribution >= 4 is 15.9 Å². The summed E-state index contributed by atoms with van der Waals surface area (Å²) in [5.74, 6) is 0.239. The first-order valence-electron chi connectivity index (χ1n) is 11.9. The summed E-state index contributed by atoms with van der Waals surface area (Å²) >= 11 is 0. The van der Waals surface area contributed by atoms with Crippen LogP contribution in [0.5, 0.6) is 11.5 Å². The number of ether oxygens (including phenoxy) is 2. The molecule has 34 heavy (non-hydrogen) atoms. The number of benzene rings is 2. The molecule has 2 heterocycles. The van der Waals surface area contributed by atoms with Gasteiger partial charge < -0.3 is 14.4 Å². The molecule has 7 nitrogen and oxygen atoms in total. The van der Waals surface area contributed by atoms with Crippen LogP contribution in [0.1, 0.15) is 49.4 Å². The van der Waals surface area contributed by atoms with E-state index in [1.54, 1.807) is 4.90 Å². The molecule has 2 aromatic rings. The topological polar surface area (TPSA) is 76.1 Å². The van der Waals surface area contributed by atoms with Gasteiger partial charge in [-0.05, 0) is 50.1 Å². The van der Waals surface area contributed by atoms with Crippen LogP contribution in [-0.4, -0.2) is 62.4 Å². The second-order valence-electron chi connectivity index (χ2n) is 8.60. The van der Waals surface area contributed by atoms with Crippen LogP contribution in [0.15, 0.2) is 47.4 Å². The summed E-state index contributed by atoms with van der Waals surface area (Å²) in [6.45, 7) is 4.14. The lowest BCUT2D eigenvalue weighted by molar-refractivity contribution is 0.0589. The molecule has 2 aliphatic heterocycles. The van der Waals surface area contributed by atoms with Gasteiger partial charge in [-0.15, -0.1) is 0 Å². The maximum Gasteiger partial charge on any atom is 0.253 e. The van der Waals surface area contributed by atoms with E-state index in [9.17, 15) is 17.6 Å². The zero-order valence-electron chi connectivity index (χ0n) is 19.4. The highest BCUT2D eigenvalue weighted by Crippen LogP contribution is 2.30. The van der Waals surface area contributed by atoms with Gasteiger partial charge in [0.1, 0.15) is 16.8 Å². The highest BCUT2D eigenvalue weighted by atomic mass is 32.2. The summed E-state index contributed by atoms with van der Waals surface area (Å²) in [6.07, 6.45) is 3.67. The first-order valence-corrected chi connectivity index (χ1v) is 13.3. The van der Waals surface area contributed by atoms with Crippen molar-refractivity contribution in [3.8, 4) is 11.5 Å². The molecule has 0 aliphatic carbocycles. The lowest BCUT2D eigenvalue weighted by Gasteiger charge is -2.32. The summed E-state index contributed by atoms with van der Waals surface area (Å²) in [4.78, 5) is 14.3. The Bertz CT molecular complexity index is 1110. The van der Waals surface area contributed by atoms with E-state index in [2.05, 4.69) is 0 Å². The van der Waals surface area contributed by atoms with Crippen molar-refractivity contribution in [1.29, 1.82) is 0 Å². The van der Waals surface area contributed by atoms with Gasteiger partial charge in [0.25, 0.3) is 5.91 Å². The summed E-state index contributed by atoms with van der Waals surface area (Å²) in [5.41, 5.74) is 0.179. The lowest BCUT2D eigenvalue weighted by atomic mass is 10.1. The van der Waals surface area contributed by atoms with Gasteiger partial charge in [0.2, 0.25) is 10.0 Å². The monoisotopic (exact) mass is 490 g/mol. The minimum atomic E-state index is -3.98. The minimum absolute atomic E-state index is 0.0612. The number of sulfonamides is 1. The third-order valence-electron chi connectivity index (χ3n) is 6.28. The van der Waals surface area contributed by atoms with E-state index < -0.39 is 20.7 Å². The summed E-state index contributed by atoms with van der Waals surface area (Å²) in [7, 11) is -3.98. The zero-order valence-corrected chi connectivity index (χ0v) is 20.2. The van der Waals surface area contributed by atoms with E-state index in [0.717, 1.165) is 25.3 Å². The zero-order chi connectivity index (χ0) is 24.1. The maximum absolute atomic E-state index is 14.5. The van der Waals surface area contributed by atoms with Gasteiger partial charge in [0, 0.05) is 44.6 Å². The van der Waals surface area contributed by atoms with Crippen molar-refractivity contribution in [2.24, 2.45) is 0 Å². The second-order valence-corrected chi connectivity index (χ2v) is 10.5. The lowest BCUT2D eigenvalue weighted by Crippen LogP contribution is -2.42. The summed E-state index contributed by atoms with van der Waals surface area (Å²) in [6, 6.07) is 11.1. The van der Waals surface area contributed by atoms with Crippen LogP contribution in [0, 0.1) is 5.82 Å². The molecule has 0 aromatic heterocycles. The normalized spacial score (nSPS) is 18.0. The number of hydrogen-bond donors (Lipinski definition) is 0. The van der Waals surface area contributed by atoms with Crippen LogP contribution in [0.4, 0.5) is 4.39 Å². The summed E-state index contributed by atoms with van der Waals surface area (Å²) < 4.78 is 53.5. The molecule has 0 bridgehead atoms. The molecule has 2 fully saturated rings. The van der Waals surface area contributed by atoms with E-state index in [0.29, 0.717) is 57.1 Å². The van der Waals surface area contributed by atoms with Crippen LogP contribution in [0.25, 0.3) is 0 Å². The molecule has 1 amide bonds. The Kier molecular flexibility index (Phi) is 7.73. The van der Waals surface area contributed by atoms with Crippen LogP contribution >= 0.6 is 0 Å². The molecule has 0 saturated carbocycles. The average Bonchev–Trinajstić information content (AvgIpc) is 2.86. The van der Waals surface area contributed by atoms with E-state index in [1.165, 1.54) is 16.4 Å². The smallest absolute Gasteiger partial charge is 0.253 e. The Balaban J connectivity index is 1.42. The first kappa shape index (κ1) is 24.5. The predicted octanol–water partition coefficient (Wildman–Crippen LogP) is 4.08. The van der Waals surface area contributed by atoms with Crippen molar-refractivity contribution in [3.63, 3.8) is 0 Å². The molecule has 0 atom stereocenters. The molecule has 184 valence electrons. The molecule has 2 aliphatic rings. The molecule has 2 saturated heterocycles. The SMILES string of the molecule is CCOc1ccccc1OC1CCN(C(=O)c2ccc(F)c(S(=O)(=O)N3CCCCC3)c2)CC1. The van der Waals surface area contributed by atoms with Crippen molar-refractivity contribution in [1.82, 2.24) is 9.21 Å².